The first-order valence-corrected chi connectivity index (χ1v) is 16.0. The van der Waals surface area contributed by atoms with E-state index < -0.39 is 38.9 Å². The van der Waals surface area contributed by atoms with Crippen LogP contribution in [0, 0.1) is 0 Å². The number of piperidine rings is 1. The molecule has 1 atom stereocenters. The van der Waals surface area contributed by atoms with Gasteiger partial charge in [0.25, 0.3) is 17.6 Å². The molecule has 2 amide bonds. The van der Waals surface area contributed by atoms with Gasteiger partial charge in [0.05, 0.1) is 16.2 Å². The number of hydrogen-bond acceptors (Lipinski definition) is 7. The molecule has 2 fully saturated rings. The van der Waals surface area contributed by atoms with Gasteiger partial charge < -0.3 is 19.8 Å². The molecule has 2 saturated heterocycles. The summed E-state index contributed by atoms with van der Waals surface area (Å²) in [4.78, 5) is 46.8. The molecule has 5 rings (SSSR count). The van der Waals surface area contributed by atoms with Crippen LogP contribution in [0.3, 0.4) is 0 Å². The van der Waals surface area contributed by atoms with Crippen LogP contribution in [0.15, 0.2) is 59.0 Å². The molecular weight excluding hydrogens is 556 g/mol. The lowest BCUT2D eigenvalue weighted by molar-refractivity contribution is -0.143. The van der Waals surface area contributed by atoms with Crippen LogP contribution < -0.4 is 4.90 Å². The van der Waals surface area contributed by atoms with E-state index >= 15 is 0 Å². The zero-order valence-electron chi connectivity index (χ0n) is 24.4. The van der Waals surface area contributed by atoms with Crippen LogP contribution in [0.4, 0.5) is 5.69 Å². The SMILES string of the molecule is CCCN1C(=O)C2(/C(=C(/O)c3cccc(S(=O)(=O)N4CCCCC4)c3)C(=O)C(=O)N2CCCN(C)C)c2ccccc21. The van der Waals surface area contributed by atoms with Crippen LogP contribution in [-0.4, -0.2) is 92.0 Å². The molecule has 3 heterocycles. The summed E-state index contributed by atoms with van der Waals surface area (Å²) in [6.45, 7) is 3.85. The molecule has 0 radical (unpaired) electrons. The highest BCUT2D eigenvalue weighted by molar-refractivity contribution is 7.89. The van der Waals surface area contributed by atoms with Gasteiger partial charge in [0.2, 0.25) is 10.0 Å². The summed E-state index contributed by atoms with van der Waals surface area (Å²) in [7, 11) is -0.0491. The van der Waals surface area contributed by atoms with Crippen molar-refractivity contribution in [2.24, 2.45) is 0 Å². The second kappa shape index (κ2) is 11.6. The van der Waals surface area contributed by atoms with Gasteiger partial charge in [-0.15, -0.1) is 0 Å². The quantitative estimate of drug-likeness (QED) is 0.269. The summed E-state index contributed by atoms with van der Waals surface area (Å²) >= 11 is 0. The second-order valence-electron chi connectivity index (χ2n) is 11.3. The number of sulfonamides is 1. The van der Waals surface area contributed by atoms with Gasteiger partial charge in [-0.25, -0.2) is 8.42 Å². The summed E-state index contributed by atoms with van der Waals surface area (Å²) in [6, 6.07) is 12.8. The number of anilines is 1. The summed E-state index contributed by atoms with van der Waals surface area (Å²) in [6.07, 6.45) is 3.64. The predicted octanol–water partition coefficient (Wildman–Crippen LogP) is 3.15. The first-order valence-electron chi connectivity index (χ1n) is 14.5. The van der Waals surface area contributed by atoms with Gasteiger partial charge in [0, 0.05) is 37.3 Å². The number of benzene rings is 2. The number of para-hydroxylation sites is 1. The molecule has 224 valence electrons. The Kier molecular flexibility index (Phi) is 8.28. The van der Waals surface area contributed by atoms with E-state index in [-0.39, 0.29) is 22.6 Å². The maximum absolute atomic E-state index is 14.5. The van der Waals surface area contributed by atoms with Gasteiger partial charge >= 0.3 is 0 Å². The largest absolute Gasteiger partial charge is 0.507 e. The molecule has 1 spiro atoms. The number of carbonyl (C=O) groups is 3. The number of nitrogens with zero attached hydrogens (tertiary/aromatic N) is 4. The lowest BCUT2D eigenvalue weighted by Gasteiger charge is -2.34. The molecular formula is C31H38N4O6S. The third-order valence-electron chi connectivity index (χ3n) is 8.30. The van der Waals surface area contributed by atoms with Crippen LogP contribution in [0.1, 0.15) is 50.2 Å². The van der Waals surface area contributed by atoms with Crippen molar-refractivity contribution in [3.8, 4) is 0 Å². The fraction of sp³-hybridized carbons (Fsp3) is 0.452. The molecule has 2 aromatic rings. The van der Waals surface area contributed by atoms with E-state index in [9.17, 15) is 27.9 Å². The molecule has 0 saturated carbocycles. The van der Waals surface area contributed by atoms with Crippen molar-refractivity contribution in [3.05, 3.63) is 65.2 Å². The minimum absolute atomic E-state index is 0.0199. The van der Waals surface area contributed by atoms with Gasteiger partial charge in [0.1, 0.15) is 5.76 Å². The molecule has 10 nitrogen and oxygen atoms in total. The first-order chi connectivity index (χ1) is 20.1. The van der Waals surface area contributed by atoms with E-state index in [1.807, 2.05) is 25.9 Å². The smallest absolute Gasteiger partial charge is 0.296 e. The average molecular weight is 595 g/mol. The molecule has 0 bridgehead atoms. The Labute approximate surface area is 247 Å². The Hall–Kier alpha value is -3.54. The molecule has 11 heteroatoms. The van der Waals surface area contributed by atoms with E-state index in [2.05, 4.69) is 0 Å². The minimum atomic E-state index is -3.84. The zero-order valence-corrected chi connectivity index (χ0v) is 25.2. The van der Waals surface area contributed by atoms with E-state index in [1.165, 1.54) is 33.5 Å². The Bertz CT molecular complexity index is 1550. The maximum atomic E-state index is 14.5. The van der Waals surface area contributed by atoms with E-state index in [1.54, 1.807) is 29.2 Å². The third-order valence-corrected chi connectivity index (χ3v) is 10.2. The van der Waals surface area contributed by atoms with Crippen LogP contribution >= 0.6 is 0 Å². The Morgan fingerprint density at radius 3 is 2.38 bits per heavy atom. The van der Waals surface area contributed by atoms with Crippen molar-refractivity contribution < 1.29 is 27.9 Å². The van der Waals surface area contributed by atoms with Crippen LogP contribution in [0.25, 0.3) is 5.76 Å². The summed E-state index contributed by atoms with van der Waals surface area (Å²) in [5, 5.41) is 11.8. The second-order valence-corrected chi connectivity index (χ2v) is 13.3. The fourth-order valence-electron chi connectivity index (χ4n) is 6.36. The number of carbonyl (C=O) groups excluding carboxylic acids is 3. The van der Waals surface area contributed by atoms with Gasteiger partial charge in [0.15, 0.2) is 5.54 Å². The van der Waals surface area contributed by atoms with Gasteiger partial charge in [-0.2, -0.15) is 4.31 Å². The number of amides is 2. The Morgan fingerprint density at radius 1 is 0.976 bits per heavy atom. The molecule has 42 heavy (non-hydrogen) atoms. The van der Waals surface area contributed by atoms with Gasteiger partial charge in [-0.1, -0.05) is 43.7 Å². The lowest BCUT2D eigenvalue weighted by atomic mass is 9.82. The average Bonchev–Trinajstić information content (AvgIpc) is 3.36. The highest BCUT2D eigenvalue weighted by Crippen LogP contribution is 2.53. The summed E-state index contributed by atoms with van der Waals surface area (Å²) in [5.41, 5.74) is -1.11. The third kappa shape index (κ3) is 4.73. The van der Waals surface area contributed by atoms with Crippen molar-refractivity contribution in [3.63, 3.8) is 0 Å². The van der Waals surface area contributed by atoms with Crippen molar-refractivity contribution in [1.29, 1.82) is 0 Å². The van der Waals surface area contributed by atoms with Crippen molar-refractivity contribution in [1.82, 2.24) is 14.1 Å². The molecule has 1 N–H and O–H groups in total. The van der Waals surface area contributed by atoms with Crippen molar-refractivity contribution in [2.75, 3.05) is 51.7 Å². The number of ketones is 1. The molecule has 1 unspecified atom stereocenters. The number of fused-ring (bicyclic) bond motifs is 2. The monoisotopic (exact) mass is 594 g/mol. The Morgan fingerprint density at radius 2 is 1.69 bits per heavy atom. The molecule has 0 aliphatic carbocycles. The number of aliphatic hydroxyl groups is 1. The van der Waals surface area contributed by atoms with Gasteiger partial charge in [-0.3, -0.25) is 14.4 Å². The molecule has 3 aliphatic rings. The zero-order chi connectivity index (χ0) is 30.2. The highest BCUT2D eigenvalue weighted by Gasteiger charge is 2.66. The van der Waals surface area contributed by atoms with Gasteiger partial charge in [-0.05, 0) is 64.5 Å². The lowest BCUT2D eigenvalue weighted by Crippen LogP contribution is -2.52. The van der Waals surface area contributed by atoms with Crippen LogP contribution in [0.5, 0.6) is 0 Å². The van der Waals surface area contributed by atoms with Crippen molar-refractivity contribution in [2.45, 2.75) is 49.5 Å². The standard InChI is InChI=1S/C31H38N4O6S/c1-4-16-34-25-15-7-6-14-24(25)31(30(34)39)26(28(37)29(38)35(31)20-11-17-32(2)3)27(36)22-12-10-13-23(21-22)42(40,41)33-18-8-5-9-19-33/h6-7,10,12-15,21,36H,4-5,8-9,11,16-20H2,1-3H3/b27-26+. The number of aliphatic hydroxyl groups excluding tert-OH is 1. The predicted molar refractivity (Wildman–Crippen MR) is 159 cm³/mol. The van der Waals surface area contributed by atoms with E-state index in [0.717, 1.165) is 19.3 Å². The number of likely N-dealkylation sites (tertiary alicyclic amines) is 1. The highest BCUT2D eigenvalue weighted by atomic mass is 32.2. The van der Waals surface area contributed by atoms with Crippen molar-refractivity contribution >= 4 is 39.1 Å². The number of rotatable bonds is 9. The molecule has 0 aromatic heterocycles. The summed E-state index contributed by atoms with van der Waals surface area (Å²) in [5.74, 6) is -2.88. The topological polar surface area (TPSA) is 119 Å². The number of Topliss-reactive ketones (excluding diaryl/α,β-unsaturated/α-hetero) is 1. The fourth-order valence-corrected chi connectivity index (χ4v) is 7.92. The normalized spacial score (nSPS) is 22.5. The summed E-state index contributed by atoms with van der Waals surface area (Å²) < 4.78 is 28.3. The van der Waals surface area contributed by atoms with E-state index in [4.69, 9.17) is 0 Å². The van der Waals surface area contributed by atoms with Crippen LogP contribution in [0.2, 0.25) is 0 Å². The van der Waals surface area contributed by atoms with E-state index in [0.29, 0.717) is 50.3 Å². The maximum Gasteiger partial charge on any atom is 0.296 e. The van der Waals surface area contributed by atoms with Crippen LogP contribution in [-0.2, 0) is 29.9 Å². The minimum Gasteiger partial charge on any atom is -0.507 e. The first kappa shape index (κ1) is 29.9. The molecule has 2 aromatic carbocycles. The number of hydrogen-bond donors (Lipinski definition) is 1. The Balaban J connectivity index is 1.70. The molecule has 3 aliphatic heterocycles.